The number of anilines is 1. The molecule has 0 spiro atoms. The van der Waals surface area contributed by atoms with Crippen molar-refractivity contribution in [1.29, 1.82) is 0 Å². The average molecular weight is 350 g/mol. The van der Waals surface area contributed by atoms with E-state index in [4.69, 9.17) is 0 Å². The lowest BCUT2D eigenvalue weighted by atomic mass is 10.3. The van der Waals surface area contributed by atoms with Crippen LogP contribution < -0.4 is 5.32 Å². The van der Waals surface area contributed by atoms with Gasteiger partial charge in [0.05, 0.1) is 15.1 Å². The molecule has 3 rings (SSSR count). The summed E-state index contributed by atoms with van der Waals surface area (Å²) in [5, 5.41) is 2.68. The van der Waals surface area contributed by atoms with Crippen LogP contribution in [-0.4, -0.2) is 25.1 Å². The molecule has 5 nitrogen and oxygen atoms in total. The number of nitrogens with one attached hydrogen (secondary N) is 1. The predicted molar refractivity (Wildman–Crippen MR) is 86.7 cm³/mol. The summed E-state index contributed by atoms with van der Waals surface area (Å²) in [7, 11) is -3.71. The van der Waals surface area contributed by atoms with Crippen molar-refractivity contribution in [3.8, 4) is 0 Å². The summed E-state index contributed by atoms with van der Waals surface area (Å²) in [5.74, 6) is -1.76. The second-order valence-electron chi connectivity index (χ2n) is 4.75. The Bertz CT molecular complexity index is 969. The van der Waals surface area contributed by atoms with Crippen molar-refractivity contribution in [2.45, 2.75) is 4.90 Å². The molecule has 0 saturated carbocycles. The maximum atomic E-state index is 13.1. The van der Waals surface area contributed by atoms with Crippen molar-refractivity contribution in [3.05, 3.63) is 54.3 Å². The fourth-order valence-electron chi connectivity index (χ4n) is 1.99. The zero-order valence-electron chi connectivity index (χ0n) is 11.7. The second kappa shape index (κ2) is 6.05. The van der Waals surface area contributed by atoms with Gasteiger partial charge in [0, 0.05) is 0 Å². The first-order valence-corrected chi connectivity index (χ1v) is 9.05. The number of amides is 1. The van der Waals surface area contributed by atoms with E-state index in [1.54, 1.807) is 18.2 Å². The Balaban J connectivity index is 1.76. The first kappa shape index (κ1) is 15.6. The molecule has 0 fully saturated rings. The van der Waals surface area contributed by atoms with E-state index in [2.05, 4.69) is 10.3 Å². The number of carbonyl (C=O) groups excluding carboxylic acids is 1. The monoisotopic (exact) mass is 350 g/mol. The standard InChI is InChI=1S/C15H11FN2O3S2/c16-10-6-7-12-13(8-10)22-15(17-12)18-14(19)9-23(20,21)11-4-2-1-3-5-11/h1-8H,9H2,(H,17,18,19). The van der Waals surface area contributed by atoms with Crippen LogP contribution in [0.3, 0.4) is 0 Å². The summed E-state index contributed by atoms with van der Waals surface area (Å²) in [6.07, 6.45) is 0. The third-order valence-corrected chi connectivity index (χ3v) is 5.59. The lowest BCUT2D eigenvalue weighted by Crippen LogP contribution is -2.22. The van der Waals surface area contributed by atoms with E-state index >= 15 is 0 Å². The average Bonchev–Trinajstić information content (AvgIpc) is 2.88. The maximum absolute atomic E-state index is 13.1. The molecule has 1 N–H and O–H groups in total. The van der Waals surface area contributed by atoms with E-state index in [0.29, 0.717) is 10.2 Å². The van der Waals surface area contributed by atoms with E-state index in [-0.39, 0.29) is 10.0 Å². The van der Waals surface area contributed by atoms with Gasteiger partial charge in [0.15, 0.2) is 15.0 Å². The van der Waals surface area contributed by atoms with Gasteiger partial charge in [-0.1, -0.05) is 29.5 Å². The molecule has 0 radical (unpaired) electrons. The summed E-state index contributed by atoms with van der Waals surface area (Å²) in [6.45, 7) is 0. The van der Waals surface area contributed by atoms with Gasteiger partial charge >= 0.3 is 0 Å². The van der Waals surface area contributed by atoms with Crippen molar-refractivity contribution in [2.75, 3.05) is 11.1 Å². The number of hydrogen-bond acceptors (Lipinski definition) is 5. The van der Waals surface area contributed by atoms with Crippen LogP contribution in [0.1, 0.15) is 0 Å². The number of hydrogen-bond donors (Lipinski definition) is 1. The zero-order valence-corrected chi connectivity index (χ0v) is 13.3. The number of fused-ring (bicyclic) bond motifs is 1. The molecule has 0 saturated heterocycles. The normalized spacial score (nSPS) is 11.5. The molecule has 2 aromatic carbocycles. The van der Waals surface area contributed by atoms with Crippen molar-refractivity contribution < 1.29 is 17.6 Å². The van der Waals surface area contributed by atoms with E-state index in [0.717, 1.165) is 11.3 Å². The maximum Gasteiger partial charge on any atom is 0.241 e. The first-order valence-electron chi connectivity index (χ1n) is 6.58. The van der Waals surface area contributed by atoms with Gasteiger partial charge in [-0.2, -0.15) is 0 Å². The Morgan fingerprint density at radius 2 is 1.91 bits per heavy atom. The van der Waals surface area contributed by atoms with Gasteiger partial charge in [0.2, 0.25) is 5.91 Å². The van der Waals surface area contributed by atoms with Gasteiger partial charge in [-0.25, -0.2) is 17.8 Å². The number of carbonyl (C=O) groups is 1. The number of nitrogens with zero attached hydrogens (tertiary/aromatic N) is 1. The van der Waals surface area contributed by atoms with Crippen molar-refractivity contribution in [1.82, 2.24) is 4.98 Å². The van der Waals surface area contributed by atoms with E-state index in [9.17, 15) is 17.6 Å². The van der Waals surface area contributed by atoms with Crippen LogP contribution in [0.4, 0.5) is 9.52 Å². The highest BCUT2D eigenvalue weighted by Crippen LogP contribution is 2.26. The van der Waals surface area contributed by atoms with Crippen LogP contribution in [0.25, 0.3) is 10.2 Å². The van der Waals surface area contributed by atoms with Crippen LogP contribution in [0, 0.1) is 5.82 Å². The molecule has 1 heterocycles. The molecule has 0 aliphatic heterocycles. The number of thiazole rings is 1. The van der Waals surface area contributed by atoms with Gasteiger partial charge in [-0.05, 0) is 30.3 Å². The first-order chi connectivity index (χ1) is 10.9. The Hall–Kier alpha value is -2.32. The number of aromatic nitrogens is 1. The molecule has 0 atom stereocenters. The van der Waals surface area contributed by atoms with E-state index in [1.807, 2.05) is 0 Å². The molecule has 0 bridgehead atoms. The third kappa shape index (κ3) is 3.54. The minimum Gasteiger partial charge on any atom is -0.301 e. The molecule has 0 aliphatic rings. The molecule has 0 aliphatic carbocycles. The molecule has 1 amide bonds. The van der Waals surface area contributed by atoms with Crippen molar-refractivity contribution >= 4 is 42.4 Å². The third-order valence-electron chi connectivity index (χ3n) is 3.02. The number of sulfone groups is 1. The summed E-state index contributed by atoms with van der Waals surface area (Å²) in [4.78, 5) is 16.2. The van der Waals surface area contributed by atoms with Crippen LogP contribution in [0.2, 0.25) is 0 Å². The Kier molecular flexibility index (Phi) is 4.10. The summed E-state index contributed by atoms with van der Waals surface area (Å²) >= 11 is 1.08. The Morgan fingerprint density at radius 3 is 2.65 bits per heavy atom. The Morgan fingerprint density at radius 1 is 1.17 bits per heavy atom. The van der Waals surface area contributed by atoms with Crippen LogP contribution in [0.5, 0.6) is 0 Å². The van der Waals surface area contributed by atoms with E-state index < -0.39 is 27.3 Å². The molecule has 8 heteroatoms. The lowest BCUT2D eigenvalue weighted by Gasteiger charge is -2.04. The quantitative estimate of drug-likeness (QED) is 0.785. The molecule has 3 aromatic rings. The van der Waals surface area contributed by atoms with Crippen molar-refractivity contribution in [2.24, 2.45) is 0 Å². The molecule has 0 unspecified atom stereocenters. The molecule has 23 heavy (non-hydrogen) atoms. The van der Waals surface area contributed by atoms with Crippen LogP contribution in [0.15, 0.2) is 53.4 Å². The minimum absolute atomic E-state index is 0.0847. The summed E-state index contributed by atoms with van der Waals surface area (Å²) < 4.78 is 38.0. The smallest absolute Gasteiger partial charge is 0.241 e. The predicted octanol–water partition coefficient (Wildman–Crippen LogP) is 2.85. The molecular formula is C15H11FN2O3S2. The van der Waals surface area contributed by atoms with Gasteiger partial charge in [0.1, 0.15) is 11.6 Å². The minimum atomic E-state index is -3.71. The fourth-order valence-corrected chi connectivity index (χ4v) is 4.05. The zero-order chi connectivity index (χ0) is 16.4. The number of halogens is 1. The molecule has 118 valence electrons. The van der Waals surface area contributed by atoms with Crippen LogP contribution in [-0.2, 0) is 14.6 Å². The van der Waals surface area contributed by atoms with Crippen LogP contribution >= 0.6 is 11.3 Å². The largest absolute Gasteiger partial charge is 0.301 e. The lowest BCUT2D eigenvalue weighted by molar-refractivity contribution is -0.113. The van der Waals surface area contributed by atoms with Gasteiger partial charge in [0.25, 0.3) is 0 Å². The number of benzene rings is 2. The Labute approximate surface area is 135 Å². The topological polar surface area (TPSA) is 76.1 Å². The van der Waals surface area contributed by atoms with Gasteiger partial charge < -0.3 is 5.32 Å². The summed E-state index contributed by atoms with van der Waals surface area (Å²) in [5.41, 5.74) is 0.539. The molecule has 1 aromatic heterocycles. The highest BCUT2D eigenvalue weighted by Gasteiger charge is 2.20. The van der Waals surface area contributed by atoms with Gasteiger partial charge in [-0.15, -0.1) is 0 Å². The van der Waals surface area contributed by atoms with Crippen molar-refractivity contribution in [3.63, 3.8) is 0 Å². The number of rotatable bonds is 4. The van der Waals surface area contributed by atoms with Gasteiger partial charge in [-0.3, -0.25) is 4.79 Å². The highest BCUT2D eigenvalue weighted by atomic mass is 32.2. The summed E-state index contributed by atoms with van der Waals surface area (Å²) in [6, 6.07) is 11.8. The highest BCUT2D eigenvalue weighted by molar-refractivity contribution is 7.92. The van der Waals surface area contributed by atoms with E-state index in [1.165, 1.54) is 30.3 Å². The fraction of sp³-hybridized carbons (Fsp3) is 0.0667. The second-order valence-corrected chi connectivity index (χ2v) is 7.77. The molecular weight excluding hydrogens is 339 g/mol. The SMILES string of the molecule is O=C(CS(=O)(=O)c1ccccc1)Nc1nc2ccc(F)cc2s1.